The molecule has 1 aromatic carbocycles. The van der Waals surface area contributed by atoms with Crippen LogP contribution in [0.3, 0.4) is 0 Å². The number of morpholine rings is 1. The summed E-state index contributed by atoms with van der Waals surface area (Å²) in [6.45, 7) is 3.80. The van der Waals surface area contributed by atoms with Gasteiger partial charge in [0.25, 0.3) is 11.7 Å². The van der Waals surface area contributed by atoms with Crippen LogP contribution in [0.25, 0.3) is 5.76 Å². The van der Waals surface area contributed by atoms with E-state index in [0.29, 0.717) is 42.6 Å². The van der Waals surface area contributed by atoms with Crippen molar-refractivity contribution < 1.29 is 23.8 Å². The van der Waals surface area contributed by atoms with E-state index in [0.717, 1.165) is 13.1 Å². The van der Waals surface area contributed by atoms with Crippen LogP contribution in [0.2, 0.25) is 5.02 Å². The summed E-state index contributed by atoms with van der Waals surface area (Å²) in [4.78, 5) is 29.3. The Bertz CT molecular complexity index is 917. The van der Waals surface area contributed by atoms with Crippen molar-refractivity contribution in [3.05, 3.63) is 64.6 Å². The summed E-state index contributed by atoms with van der Waals surface area (Å²) in [7, 11) is 0. The van der Waals surface area contributed by atoms with Gasteiger partial charge in [0, 0.05) is 36.8 Å². The zero-order valence-electron chi connectivity index (χ0n) is 15.7. The Morgan fingerprint density at radius 2 is 1.83 bits per heavy atom. The molecule has 3 heterocycles. The Kier molecular flexibility index (Phi) is 5.71. The van der Waals surface area contributed by atoms with Gasteiger partial charge < -0.3 is 19.2 Å². The second kappa shape index (κ2) is 8.41. The standard InChI is InChI=1S/C21H21ClN2O5/c22-15-5-3-14(4-6-15)19(25)17-18(16-2-1-11-29-16)24(21(27)20(17)26)8-7-23-9-12-28-13-10-23/h1-6,11,18,25H,7-10,12-13H2. The van der Waals surface area contributed by atoms with Gasteiger partial charge in [-0.1, -0.05) is 11.6 Å². The maximum Gasteiger partial charge on any atom is 0.295 e. The largest absolute Gasteiger partial charge is 0.507 e. The molecule has 29 heavy (non-hydrogen) atoms. The molecule has 2 saturated heterocycles. The zero-order chi connectivity index (χ0) is 20.4. The zero-order valence-corrected chi connectivity index (χ0v) is 16.5. The van der Waals surface area contributed by atoms with Gasteiger partial charge in [-0.05, 0) is 36.4 Å². The number of Topliss-reactive ketones (excluding diaryl/α,β-unsaturated/α-hetero) is 1. The first kappa shape index (κ1) is 19.7. The molecule has 0 saturated carbocycles. The fraction of sp³-hybridized carbons (Fsp3) is 0.333. The molecule has 2 fully saturated rings. The van der Waals surface area contributed by atoms with E-state index in [1.54, 1.807) is 36.4 Å². The van der Waals surface area contributed by atoms with Crippen molar-refractivity contribution in [2.45, 2.75) is 6.04 Å². The second-order valence-corrected chi connectivity index (χ2v) is 7.41. The maximum atomic E-state index is 12.8. The van der Waals surface area contributed by atoms with Crippen LogP contribution in [-0.4, -0.2) is 66.0 Å². The molecule has 1 N–H and O–H groups in total. The number of ketones is 1. The van der Waals surface area contributed by atoms with Crippen LogP contribution in [0, 0.1) is 0 Å². The van der Waals surface area contributed by atoms with E-state index in [2.05, 4.69) is 4.90 Å². The van der Waals surface area contributed by atoms with E-state index in [1.807, 2.05) is 0 Å². The number of aliphatic hydroxyl groups excluding tert-OH is 1. The van der Waals surface area contributed by atoms with Crippen LogP contribution < -0.4 is 0 Å². The summed E-state index contributed by atoms with van der Waals surface area (Å²) >= 11 is 5.92. The molecular weight excluding hydrogens is 396 g/mol. The van der Waals surface area contributed by atoms with Crippen molar-refractivity contribution >= 4 is 29.1 Å². The number of carbonyl (C=O) groups excluding carboxylic acids is 2. The first-order valence-electron chi connectivity index (χ1n) is 9.44. The van der Waals surface area contributed by atoms with Crippen molar-refractivity contribution in [2.75, 3.05) is 39.4 Å². The third-order valence-corrected chi connectivity index (χ3v) is 5.48. The van der Waals surface area contributed by atoms with E-state index in [9.17, 15) is 14.7 Å². The van der Waals surface area contributed by atoms with Crippen LogP contribution in [0.1, 0.15) is 17.4 Å². The van der Waals surface area contributed by atoms with E-state index < -0.39 is 17.7 Å². The van der Waals surface area contributed by atoms with Crippen LogP contribution in [0.15, 0.2) is 52.7 Å². The highest BCUT2D eigenvalue weighted by atomic mass is 35.5. The highest BCUT2D eigenvalue weighted by molar-refractivity contribution is 6.46. The van der Waals surface area contributed by atoms with Gasteiger partial charge in [-0.25, -0.2) is 0 Å². The number of benzene rings is 1. The molecule has 2 aromatic rings. The first-order chi connectivity index (χ1) is 14.1. The minimum absolute atomic E-state index is 0.0225. The van der Waals surface area contributed by atoms with Gasteiger partial charge in [0.1, 0.15) is 17.6 Å². The topological polar surface area (TPSA) is 83.2 Å². The fourth-order valence-electron chi connectivity index (χ4n) is 3.69. The van der Waals surface area contributed by atoms with Gasteiger partial charge in [-0.3, -0.25) is 14.5 Å². The van der Waals surface area contributed by atoms with Crippen molar-refractivity contribution in [3.63, 3.8) is 0 Å². The molecule has 1 amide bonds. The normalized spacial score (nSPS) is 22.4. The lowest BCUT2D eigenvalue weighted by Crippen LogP contribution is -2.42. The Morgan fingerprint density at radius 1 is 1.10 bits per heavy atom. The number of halogens is 1. The molecule has 0 aliphatic carbocycles. The molecule has 1 aromatic heterocycles. The molecular formula is C21H21ClN2O5. The molecule has 1 unspecified atom stereocenters. The van der Waals surface area contributed by atoms with Gasteiger partial charge in [-0.15, -0.1) is 0 Å². The fourth-order valence-corrected chi connectivity index (χ4v) is 3.82. The Hall–Kier alpha value is -2.61. The summed E-state index contributed by atoms with van der Waals surface area (Å²) in [6, 6.07) is 9.07. The highest BCUT2D eigenvalue weighted by Gasteiger charge is 2.47. The minimum Gasteiger partial charge on any atom is -0.507 e. The average molecular weight is 417 g/mol. The van der Waals surface area contributed by atoms with Crippen LogP contribution in [0.5, 0.6) is 0 Å². The van der Waals surface area contributed by atoms with Crippen LogP contribution in [0.4, 0.5) is 0 Å². The Morgan fingerprint density at radius 3 is 2.48 bits per heavy atom. The van der Waals surface area contributed by atoms with Crippen molar-refractivity contribution in [3.8, 4) is 0 Å². The molecule has 2 aliphatic heterocycles. The molecule has 2 aliphatic rings. The van der Waals surface area contributed by atoms with Crippen molar-refractivity contribution in [2.24, 2.45) is 0 Å². The smallest absolute Gasteiger partial charge is 0.295 e. The number of ether oxygens (including phenoxy) is 1. The van der Waals surface area contributed by atoms with E-state index in [-0.39, 0.29) is 11.3 Å². The summed E-state index contributed by atoms with van der Waals surface area (Å²) in [5, 5.41) is 11.4. The SMILES string of the molecule is O=C1C(=O)N(CCN2CCOCC2)C(c2ccco2)C1=C(O)c1ccc(Cl)cc1. The van der Waals surface area contributed by atoms with Gasteiger partial charge >= 0.3 is 0 Å². The lowest BCUT2D eigenvalue weighted by Gasteiger charge is -2.30. The molecule has 7 nitrogen and oxygen atoms in total. The average Bonchev–Trinajstić information content (AvgIpc) is 3.35. The lowest BCUT2D eigenvalue weighted by atomic mass is 9.99. The number of hydrogen-bond donors (Lipinski definition) is 1. The Labute approximate surface area is 173 Å². The number of nitrogens with zero attached hydrogens (tertiary/aromatic N) is 2. The molecule has 4 rings (SSSR count). The molecule has 0 radical (unpaired) electrons. The number of hydrogen-bond acceptors (Lipinski definition) is 6. The lowest BCUT2D eigenvalue weighted by molar-refractivity contribution is -0.140. The summed E-state index contributed by atoms with van der Waals surface area (Å²) < 4.78 is 10.9. The van der Waals surface area contributed by atoms with Gasteiger partial charge in [-0.2, -0.15) is 0 Å². The first-order valence-corrected chi connectivity index (χ1v) is 9.82. The second-order valence-electron chi connectivity index (χ2n) is 6.97. The van der Waals surface area contributed by atoms with Gasteiger partial charge in [0.05, 0.1) is 25.1 Å². The van der Waals surface area contributed by atoms with Gasteiger partial charge in [0.2, 0.25) is 0 Å². The maximum absolute atomic E-state index is 12.8. The number of likely N-dealkylation sites (tertiary alicyclic amines) is 1. The molecule has 152 valence electrons. The molecule has 0 spiro atoms. The third-order valence-electron chi connectivity index (χ3n) is 5.23. The van der Waals surface area contributed by atoms with Crippen molar-refractivity contribution in [1.29, 1.82) is 0 Å². The molecule has 8 heteroatoms. The van der Waals surface area contributed by atoms with E-state index >= 15 is 0 Å². The molecule has 0 bridgehead atoms. The minimum atomic E-state index is -0.776. The molecule has 1 atom stereocenters. The predicted octanol–water partition coefficient (Wildman–Crippen LogP) is 2.69. The third kappa shape index (κ3) is 3.94. The summed E-state index contributed by atoms with van der Waals surface area (Å²) in [6.07, 6.45) is 1.49. The summed E-state index contributed by atoms with van der Waals surface area (Å²) in [5.41, 5.74) is 0.436. The number of carbonyl (C=O) groups is 2. The monoisotopic (exact) mass is 416 g/mol. The Balaban J connectivity index is 1.68. The highest BCUT2D eigenvalue weighted by Crippen LogP contribution is 2.39. The van der Waals surface area contributed by atoms with Crippen LogP contribution in [-0.2, 0) is 14.3 Å². The van der Waals surface area contributed by atoms with Gasteiger partial charge in [0.15, 0.2) is 0 Å². The van der Waals surface area contributed by atoms with E-state index in [4.69, 9.17) is 20.8 Å². The summed E-state index contributed by atoms with van der Waals surface area (Å²) in [5.74, 6) is -1.17. The quantitative estimate of drug-likeness (QED) is 0.458. The van der Waals surface area contributed by atoms with E-state index in [1.165, 1.54) is 11.2 Å². The number of aliphatic hydroxyl groups is 1. The number of rotatable bonds is 5. The van der Waals surface area contributed by atoms with Crippen LogP contribution >= 0.6 is 11.6 Å². The number of furan rings is 1. The van der Waals surface area contributed by atoms with Crippen molar-refractivity contribution in [1.82, 2.24) is 9.80 Å². The number of amides is 1. The predicted molar refractivity (Wildman–Crippen MR) is 106 cm³/mol.